The van der Waals surface area contributed by atoms with Crippen molar-refractivity contribution in [2.45, 2.75) is 31.7 Å². The summed E-state index contributed by atoms with van der Waals surface area (Å²) in [6.45, 7) is 0.442. The SMILES string of the molecule is COC(=O)CCC(=O)N1C[C@H](Cc2ccccc2)C[C@H]1C(=O)Nc1ccc(Oc2ccc(F)cc2)cc1. The number of likely N-dealkylation sites (tertiary alicyclic amines) is 1. The minimum Gasteiger partial charge on any atom is -0.469 e. The van der Waals surface area contributed by atoms with E-state index in [1.807, 2.05) is 30.3 Å². The molecule has 0 spiro atoms. The number of hydrogen-bond donors (Lipinski definition) is 1. The normalized spacial score (nSPS) is 16.8. The number of nitrogens with zero attached hydrogens (tertiary/aromatic N) is 1. The summed E-state index contributed by atoms with van der Waals surface area (Å²) >= 11 is 0. The van der Waals surface area contributed by atoms with Crippen LogP contribution in [0.3, 0.4) is 0 Å². The third-order valence-corrected chi connectivity index (χ3v) is 6.32. The third-order valence-electron chi connectivity index (χ3n) is 6.32. The molecule has 37 heavy (non-hydrogen) atoms. The Bertz CT molecular complexity index is 1220. The Kier molecular flexibility index (Phi) is 8.51. The van der Waals surface area contributed by atoms with E-state index in [-0.39, 0.29) is 36.4 Å². The Morgan fingerprint density at radius 1 is 0.919 bits per heavy atom. The van der Waals surface area contributed by atoms with E-state index in [9.17, 15) is 18.8 Å². The van der Waals surface area contributed by atoms with Gasteiger partial charge in [-0.05, 0) is 72.9 Å². The molecular formula is C29H29FN2O5. The standard InChI is InChI=1S/C29H29FN2O5/c1-36-28(34)16-15-27(33)32-19-21(17-20-5-3-2-4-6-20)18-26(32)29(35)31-23-9-13-25(14-10-23)37-24-11-7-22(30)8-12-24/h2-14,21,26H,15-19H2,1H3,(H,31,35)/t21-,26+/m1/s1. The number of anilines is 1. The summed E-state index contributed by atoms with van der Waals surface area (Å²) in [5, 5.41) is 2.90. The second-order valence-corrected chi connectivity index (χ2v) is 9.00. The molecule has 0 aromatic heterocycles. The number of methoxy groups -OCH3 is 1. The van der Waals surface area contributed by atoms with E-state index in [2.05, 4.69) is 10.1 Å². The van der Waals surface area contributed by atoms with E-state index in [0.717, 1.165) is 12.0 Å². The molecule has 0 aliphatic carbocycles. The minimum atomic E-state index is -0.644. The van der Waals surface area contributed by atoms with E-state index < -0.39 is 12.0 Å². The molecule has 1 fully saturated rings. The fourth-order valence-corrected chi connectivity index (χ4v) is 4.47. The maximum absolute atomic E-state index is 13.3. The molecule has 1 aliphatic rings. The van der Waals surface area contributed by atoms with Crippen molar-refractivity contribution in [3.05, 3.63) is 90.2 Å². The van der Waals surface area contributed by atoms with Gasteiger partial charge in [0.25, 0.3) is 0 Å². The van der Waals surface area contributed by atoms with Gasteiger partial charge in [0.05, 0.1) is 13.5 Å². The van der Waals surface area contributed by atoms with Crippen molar-refractivity contribution in [2.75, 3.05) is 19.0 Å². The quantitative estimate of drug-likeness (QED) is 0.416. The maximum Gasteiger partial charge on any atom is 0.306 e. The van der Waals surface area contributed by atoms with Gasteiger partial charge in [-0.3, -0.25) is 14.4 Å². The summed E-state index contributed by atoms with van der Waals surface area (Å²) in [6.07, 6.45) is 1.24. The van der Waals surface area contributed by atoms with Gasteiger partial charge >= 0.3 is 5.97 Å². The van der Waals surface area contributed by atoms with Gasteiger partial charge < -0.3 is 19.7 Å². The first-order valence-corrected chi connectivity index (χ1v) is 12.2. The summed E-state index contributed by atoms with van der Waals surface area (Å²) in [6, 6.07) is 21.8. The van der Waals surface area contributed by atoms with Crippen LogP contribution >= 0.6 is 0 Å². The molecule has 8 heteroatoms. The van der Waals surface area contributed by atoms with Crippen molar-refractivity contribution in [1.29, 1.82) is 0 Å². The average molecular weight is 505 g/mol. The smallest absolute Gasteiger partial charge is 0.306 e. The van der Waals surface area contributed by atoms with Gasteiger partial charge in [-0.25, -0.2) is 4.39 Å². The molecule has 3 aromatic carbocycles. The van der Waals surface area contributed by atoms with Gasteiger partial charge in [0.15, 0.2) is 0 Å². The lowest BCUT2D eigenvalue weighted by Gasteiger charge is -2.24. The first kappa shape index (κ1) is 25.9. The van der Waals surface area contributed by atoms with Gasteiger partial charge in [-0.15, -0.1) is 0 Å². The highest BCUT2D eigenvalue weighted by atomic mass is 19.1. The second-order valence-electron chi connectivity index (χ2n) is 9.00. The van der Waals surface area contributed by atoms with Crippen LogP contribution in [0.25, 0.3) is 0 Å². The minimum absolute atomic E-state index is 0.00999. The van der Waals surface area contributed by atoms with Crippen molar-refractivity contribution in [3.63, 3.8) is 0 Å². The number of esters is 1. The largest absolute Gasteiger partial charge is 0.469 e. The molecular weight excluding hydrogens is 475 g/mol. The topological polar surface area (TPSA) is 84.9 Å². The van der Waals surface area contributed by atoms with Gasteiger partial charge in [0.2, 0.25) is 11.8 Å². The van der Waals surface area contributed by atoms with E-state index in [1.54, 1.807) is 29.2 Å². The lowest BCUT2D eigenvalue weighted by atomic mass is 9.96. The van der Waals surface area contributed by atoms with Crippen LogP contribution in [0.1, 0.15) is 24.8 Å². The van der Waals surface area contributed by atoms with Crippen molar-refractivity contribution in [3.8, 4) is 11.5 Å². The molecule has 0 radical (unpaired) electrons. The van der Waals surface area contributed by atoms with E-state index in [1.165, 1.54) is 31.4 Å². The van der Waals surface area contributed by atoms with Crippen LogP contribution in [0.15, 0.2) is 78.9 Å². The molecule has 1 aliphatic heterocycles. The molecule has 1 saturated heterocycles. The highest BCUT2D eigenvalue weighted by Gasteiger charge is 2.39. The Morgan fingerprint density at radius 2 is 1.57 bits per heavy atom. The van der Waals surface area contributed by atoms with Crippen LogP contribution in [0.5, 0.6) is 11.5 Å². The lowest BCUT2D eigenvalue weighted by molar-refractivity contribution is -0.144. The summed E-state index contributed by atoms with van der Waals surface area (Å²) in [5.41, 5.74) is 1.71. The van der Waals surface area contributed by atoms with Crippen molar-refractivity contribution >= 4 is 23.5 Å². The molecule has 4 rings (SSSR count). The van der Waals surface area contributed by atoms with Gasteiger partial charge in [-0.1, -0.05) is 30.3 Å². The number of hydrogen-bond acceptors (Lipinski definition) is 5. The summed E-state index contributed by atoms with van der Waals surface area (Å²) in [7, 11) is 1.28. The zero-order valence-electron chi connectivity index (χ0n) is 20.6. The maximum atomic E-state index is 13.3. The van der Waals surface area contributed by atoms with Crippen molar-refractivity contribution in [1.82, 2.24) is 4.90 Å². The van der Waals surface area contributed by atoms with Crippen LogP contribution in [0.2, 0.25) is 0 Å². The number of rotatable bonds is 9. The monoisotopic (exact) mass is 504 g/mol. The molecule has 7 nitrogen and oxygen atoms in total. The number of nitrogens with one attached hydrogen (secondary N) is 1. The predicted molar refractivity (Wildman–Crippen MR) is 137 cm³/mol. The molecule has 0 bridgehead atoms. The Labute approximate surface area is 215 Å². The fraction of sp³-hybridized carbons (Fsp3) is 0.276. The Morgan fingerprint density at radius 3 is 2.22 bits per heavy atom. The van der Waals surface area contributed by atoms with Crippen LogP contribution in [0, 0.1) is 11.7 Å². The van der Waals surface area contributed by atoms with Crippen LogP contribution in [-0.2, 0) is 25.5 Å². The molecule has 2 atom stereocenters. The van der Waals surface area contributed by atoms with Crippen LogP contribution in [0.4, 0.5) is 10.1 Å². The van der Waals surface area contributed by atoms with E-state index in [0.29, 0.717) is 30.2 Å². The molecule has 1 heterocycles. The summed E-state index contributed by atoms with van der Waals surface area (Å²) in [5.74, 6) is -0.189. The number of carbonyl (C=O) groups excluding carboxylic acids is 3. The number of carbonyl (C=O) groups is 3. The second kappa shape index (κ2) is 12.2. The highest BCUT2D eigenvalue weighted by molar-refractivity contribution is 5.97. The zero-order chi connectivity index (χ0) is 26.2. The first-order valence-electron chi connectivity index (χ1n) is 12.2. The number of halogens is 1. The van der Waals surface area contributed by atoms with E-state index >= 15 is 0 Å². The molecule has 3 aromatic rings. The molecule has 192 valence electrons. The third kappa shape index (κ3) is 7.16. The molecule has 2 amide bonds. The fourth-order valence-electron chi connectivity index (χ4n) is 4.47. The number of amides is 2. The van der Waals surface area contributed by atoms with Gasteiger partial charge in [0.1, 0.15) is 23.4 Å². The first-order chi connectivity index (χ1) is 17.9. The number of benzene rings is 3. The summed E-state index contributed by atoms with van der Waals surface area (Å²) < 4.78 is 23.4. The Balaban J connectivity index is 1.42. The number of ether oxygens (including phenoxy) is 2. The molecule has 0 saturated carbocycles. The van der Waals surface area contributed by atoms with Gasteiger partial charge in [0, 0.05) is 18.7 Å². The molecule has 0 unspecified atom stereocenters. The van der Waals surface area contributed by atoms with E-state index in [4.69, 9.17) is 4.74 Å². The molecule has 1 N–H and O–H groups in total. The van der Waals surface area contributed by atoms with Crippen molar-refractivity contribution in [2.24, 2.45) is 5.92 Å². The van der Waals surface area contributed by atoms with Gasteiger partial charge in [-0.2, -0.15) is 0 Å². The Hall–Kier alpha value is -4.20. The van der Waals surface area contributed by atoms with Crippen LogP contribution in [-0.4, -0.2) is 42.4 Å². The average Bonchev–Trinajstić information content (AvgIpc) is 3.34. The van der Waals surface area contributed by atoms with Crippen molar-refractivity contribution < 1.29 is 28.2 Å². The lowest BCUT2D eigenvalue weighted by Crippen LogP contribution is -2.43. The predicted octanol–water partition coefficient (Wildman–Crippen LogP) is 4.97. The highest BCUT2D eigenvalue weighted by Crippen LogP contribution is 2.29. The van der Waals surface area contributed by atoms with Crippen LogP contribution < -0.4 is 10.1 Å². The zero-order valence-corrected chi connectivity index (χ0v) is 20.6. The summed E-state index contributed by atoms with van der Waals surface area (Å²) in [4.78, 5) is 39.4.